The van der Waals surface area contributed by atoms with Crippen molar-refractivity contribution in [3.05, 3.63) is 59.7 Å². The molecule has 0 spiro atoms. The minimum absolute atomic E-state index is 0.158. The van der Waals surface area contributed by atoms with Crippen molar-refractivity contribution in [2.24, 2.45) is 0 Å². The summed E-state index contributed by atoms with van der Waals surface area (Å²) in [7, 11) is 0. The van der Waals surface area contributed by atoms with Crippen molar-refractivity contribution >= 4 is 34.8 Å². The van der Waals surface area contributed by atoms with Crippen molar-refractivity contribution < 1.29 is 4.74 Å². The maximum absolute atomic E-state index is 5.69. The molecule has 0 aromatic heterocycles. The summed E-state index contributed by atoms with van der Waals surface area (Å²) < 4.78 is 5.69. The lowest BCUT2D eigenvalue weighted by molar-refractivity contribution is 0.242. The predicted octanol–water partition coefficient (Wildman–Crippen LogP) is 5.00. The monoisotopic (exact) mass is 374 g/mol. The fourth-order valence-electron chi connectivity index (χ4n) is 2.32. The molecule has 0 aliphatic rings. The Morgan fingerprint density at radius 2 is 1.96 bits per heavy atom. The molecule has 5 heteroatoms. The van der Waals surface area contributed by atoms with E-state index in [0.29, 0.717) is 5.11 Å². The first-order valence-electron chi connectivity index (χ1n) is 8.48. The molecule has 0 aliphatic carbocycles. The second-order valence-electron chi connectivity index (χ2n) is 6.12. The Labute approximate surface area is 160 Å². The van der Waals surface area contributed by atoms with Gasteiger partial charge < -0.3 is 15.4 Å². The van der Waals surface area contributed by atoms with Crippen LogP contribution in [-0.2, 0) is 5.75 Å². The van der Waals surface area contributed by atoms with Crippen LogP contribution >= 0.6 is 24.0 Å². The average molecular weight is 375 g/mol. The van der Waals surface area contributed by atoms with Gasteiger partial charge >= 0.3 is 0 Å². The van der Waals surface area contributed by atoms with Crippen molar-refractivity contribution in [1.82, 2.24) is 5.32 Å². The third-order valence-corrected chi connectivity index (χ3v) is 4.62. The Morgan fingerprint density at radius 3 is 2.72 bits per heavy atom. The molecule has 25 heavy (non-hydrogen) atoms. The van der Waals surface area contributed by atoms with E-state index in [2.05, 4.69) is 41.8 Å². The fraction of sp³-hybridized carbons (Fsp3) is 0.350. The van der Waals surface area contributed by atoms with Crippen molar-refractivity contribution in [1.29, 1.82) is 0 Å². The van der Waals surface area contributed by atoms with E-state index in [-0.39, 0.29) is 6.10 Å². The molecule has 134 valence electrons. The van der Waals surface area contributed by atoms with Gasteiger partial charge in [0.05, 0.1) is 6.10 Å². The van der Waals surface area contributed by atoms with E-state index in [1.165, 1.54) is 11.1 Å². The van der Waals surface area contributed by atoms with Gasteiger partial charge in [0, 0.05) is 29.8 Å². The van der Waals surface area contributed by atoms with Gasteiger partial charge in [-0.15, -0.1) is 0 Å². The summed E-state index contributed by atoms with van der Waals surface area (Å²) in [4.78, 5) is 0. The number of aryl methyl sites for hydroxylation is 1. The predicted molar refractivity (Wildman–Crippen MR) is 114 cm³/mol. The van der Waals surface area contributed by atoms with Gasteiger partial charge in [-0.2, -0.15) is 11.8 Å². The summed E-state index contributed by atoms with van der Waals surface area (Å²) in [5.74, 6) is 2.88. The van der Waals surface area contributed by atoms with Crippen LogP contribution in [0.1, 0.15) is 25.0 Å². The quantitative estimate of drug-likeness (QED) is 0.502. The molecule has 0 radical (unpaired) electrons. The third-order valence-electron chi connectivity index (χ3n) is 3.35. The number of thioether (sulfide) groups is 1. The Kier molecular flexibility index (Phi) is 8.09. The first kappa shape index (κ1) is 19.6. The molecule has 3 nitrogen and oxygen atoms in total. The van der Waals surface area contributed by atoms with Crippen molar-refractivity contribution in [3.8, 4) is 5.75 Å². The summed E-state index contributed by atoms with van der Waals surface area (Å²) >= 11 is 7.26. The normalized spacial score (nSPS) is 10.6. The number of hydrogen-bond donors (Lipinski definition) is 2. The zero-order valence-electron chi connectivity index (χ0n) is 15.0. The number of ether oxygens (including phenoxy) is 1. The molecule has 0 unspecified atom stereocenters. The van der Waals surface area contributed by atoms with E-state index in [4.69, 9.17) is 17.0 Å². The number of benzene rings is 2. The molecule has 2 aromatic carbocycles. The van der Waals surface area contributed by atoms with Crippen LogP contribution in [-0.4, -0.2) is 23.5 Å². The minimum atomic E-state index is 0.158. The van der Waals surface area contributed by atoms with Gasteiger partial charge in [0.2, 0.25) is 0 Å². The summed E-state index contributed by atoms with van der Waals surface area (Å²) in [6, 6.07) is 16.5. The summed E-state index contributed by atoms with van der Waals surface area (Å²) in [6.45, 7) is 6.99. The van der Waals surface area contributed by atoms with Crippen LogP contribution in [0.25, 0.3) is 0 Å². The largest absolute Gasteiger partial charge is 0.491 e. The Balaban J connectivity index is 1.67. The van der Waals surface area contributed by atoms with Crippen LogP contribution in [0.2, 0.25) is 0 Å². The maximum Gasteiger partial charge on any atom is 0.170 e. The smallest absolute Gasteiger partial charge is 0.170 e. The fourth-order valence-corrected chi connectivity index (χ4v) is 3.35. The first-order chi connectivity index (χ1) is 12.0. The SMILES string of the molecule is Cc1cccc(CSCCNC(=S)Nc2cccc(OC(C)C)c2)c1. The van der Waals surface area contributed by atoms with E-state index in [1.807, 2.05) is 49.9 Å². The Bertz CT molecular complexity index is 689. The highest BCUT2D eigenvalue weighted by Crippen LogP contribution is 2.18. The molecule has 0 fully saturated rings. The molecule has 0 heterocycles. The Morgan fingerprint density at radius 1 is 1.16 bits per heavy atom. The molecule has 0 amide bonds. The van der Waals surface area contributed by atoms with E-state index >= 15 is 0 Å². The molecule has 2 N–H and O–H groups in total. The van der Waals surface area contributed by atoms with Gasteiger partial charge in [-0.1, -0.05) is 35.9 Å². The van der Waals surface area contributed by atoms with Crippen LogP contribution in [0, 0.1) is 6.92 Å². The minimum Gasteiger partial charge on any atom is -0.491 e. The van der Waals surface area contributed by atoms with Crippen molar-refractivity contribution in [2.45, 2.75) is 32.6 Å². The zero-order chi connectivity index (χ0) is 18.1. The highest BCUT2D eigenvalue weighted by atomic mass is 32.2. The summed E-state index contributed by atoms with van der Waals surface area (Å²) in [5, 5.41) is 7.09. The van der Waals surface area contributed by atoms with Crippen LogP contribution in [0.15, 0.2) is 48.5 Å². The molecule has 0 saturated carbocycles. The van der Waals surface area contributed by atoms with Crippen molar-refractivity contribution in [2.75, 3.05) is 17.6 Å². The number of anilines is 1. The van der Waals surface area contributed by atoms with Crippen LogP contribution in [0.5, 0.6) is 5.75 Å². The lowest BCUT2D eigenvalue weighted by Crippen LogP contribution is -2.30. The number of nitrogens with one attached hydrogen (secondary N) is 2. The van der Waals surface area contributed by atoms with Gasteiger partial charge in [0.25, 0.3) is 0 Å². The topological polar surface area (TPSA) is 33.3 Å². The van der Waals surface area contributed by atoms with Crippen LogP contribution in [0.4, 0.5) is 5.69 Å². The zero-order valence-corrected chi connectivity index (χ0v) is 16.7. The molecular formula is C20H26N2OS2. The molecule has 2 rings (SSSR count). The standard InChI is InChI=1S/C20H26N2OS2/c1-15(2)23-19-9-5-8-18(13-19)22-20(24)21-10-11-25-14-17-7-4-6-16(3)12-17/h4-9,12-13,15H,10-11,14H2,1-3H3,(H2,21,22,24). The second kappa shape index (κ2) is 10.3. The lowest BCUT2D eigenvalue weighted by atomic mass is 10.2. The van der Waals surface area contributed by atoms with Gasteiger partial charge in [0.1, 0.15) is 5.75 Å². The average Bonchev–Trinajstić information content (AvgIpc) is 2.54. The molecular weight excluding hydrogens is 348 g/mol. The molecule has 0 aliphatic heterocycles. The second-order valence-corrected chi connectivity index (χ2v) is 7.63. The third kappa shape index (κ3) is 7.80. The van der Waals surface area contributed by atoms with Crippen LogP contribution < -0.4 is 15.4 Å². The van der Waals surface area contributed by atoms with E-state index in [0.717, 1.165) is 29.5 Å². The number of rotatable bonds is 8. The maximum atomic E-state index is 5.69. The first-order valence-corrected chi connectivity index (χ1v) is 10.0. The van der Waals surface area contributed by atoms with Gasteiger partial charge in [-0.25, -0.2) is 0 Å². The Hall–Kier alpha value is -1.72. The highest BCUT2D eigenvalue weighted by molar-refractivity contribution is 7.98. The molecule has 0 saturated heterocycles. The number of hydrogen-bond acceptors (Lipinski definition) is 3. The highest BCUT2D eigenvalue weighted by Gasteiger charge is 2.02. The van der Waals surface area contributed by atoms with Gasteiger partial charge in [-0.05, 0) is 50.7 Å². The summed E-state index contributed by atoms with van der Waals surface area (Å²) in [5.41, 5.74) is 3.61. The van der Waals surface area contributed by atoms with E-state index < -0.39 is 0 Å². The summed E-state index contributed by atoms with van der Waals surface area (Å²) in [6.07, 6.45) is 0.158. The van der Waals surface area contributed by atoms with Crippen LogP contribution in [0.3, 0.4) is 0 Å². The van der Waals surface area contributed by atoms with Crippen molar-refractivity contribution in [3.63, 3.8) is 0 Å². The molecule has 0 bridgehead atoms. The molecule has 2 aromatic rings. The lowest BCUT2D eigenvalue weighted by Gasteiger charge is -2.13. The molecule has 0 atom stereocenters. The van der Waals surface area contributed by atoms with E-state index in [9.17, 15) is 0 Å². The number of thiocarbonyl (C=S) groups is 1. The van der Waals surface area contributed by atoms with E-state index in [1.54, 1.807) is 0 Å². The van der Waals surface area contributed by atoms with Gasteiger partial charge in [-0.3, -0.25) is 0 Å². The van der Waals surface area contributed by atoms with Gasteiger partial charge in [0.15, 0.2) is 5.11 Å².